The fourth-order valence-corrected chi connectivity index (χ4v) is 3.21. The Labute approximate surface area is 120 Å². The Morgan fingerprint density at radius 1 is 1.00 bits per heavy atom. The number of hydrogen-bond donors (Lipinski definition) is 0. The van der Waals surface area contributed by atoms with Crippen molar-refractivity contribution in [2.75, 3.05) is 12.9 Å². The summed E-state index contributed by atoms with van der Waals surface area (Å²) in [5.74, 6) is 0.844. The van der Waals surface area contributed by atoms with Gasteiger partial charge in [0.1, 0.15) is 5.75 Å². The highest BCUT2D eigenvalue weighted by molar-refractivity contribution is 7.98. The second kappa shape index (κ2) is 7.54. The maximum Gasteiger partial charge on any atom is 0.265 e. The van der Waals surface area contributed by atoms with E-state index in [1.807, 2.05) is 37.3 Å². The highest BCUT2D eigenvalue weighted by atomic mass is 32.2. The molecule has 0 fully saturated rings. The van der Waals surface area contributed by atoms with Crippen LogP contribution in [-0.4, -0.2) is 12.9 Å². The molecule has 0 aromatic heterocycles. The van der Waals surface area contributed by atoms with Gasteiger partial charge < -0.3 is 9.05 Å². The molecule has 4 heteroatoms. The molecule has 0 amide bonds. The van der Waals surface area contributed by atoms with E-state index in [0.717, 1.165) is 11.1 Å². The van der Waals surface area contributed by atoms with Crippen LogP contribution in [0.1, 0.15) is 6.92 Å². The molecule has 0 aliphatic carbocycles. The lowest BCUT2D eigenvalue weighted by Gasteiger charge is -2.17. The lowest BCUT2D eigenvalue weighted by molar-refractivity contribution is 0.341. The summed E-state index contributed by atoms with van der Waals surface area (Å²) in [7, 11) is -1.06. The van der Waals surface area contributed by atoms with E-state index in [4.69, 9.17) is 9.05 Å². The molecule has 2 aromatic carbocycles. The van der Waals surface area contributed by atoms with Gasteiger partial charge in [-0.05, 0) is 49.6 Å². The zero-order valence-corrected chi connectivity index (χ0v) is 12.8. The van der Waals surface area contributed by atoms with E-state index in [1.54, 1.807) is 11.8 Å². The summed E-state index contributed by atoms with van der Waals surface area (Å²) >= 11 is 1.73. The van der Waals surface area contributed by atoms with Gasteiger partial charge in [-0.1, -0.05) is 18.2 Å². The van der Waals surface area contributed by atoms with E-state index in [0.29, 0.717) is 6.61 Å². The van der Waals surface area contributed by atoms with Crippen LogP contribution in [-0.2, 0) is 4.52 Å². The van der Waals surface area contributed by atoms with Crippen molar-refractivity contribution in [3.8, 4) is 5.75 Å². The maximum absolute atomic E-state index is 5.95. The van der Waals surface area contributed by atoms with Crippen LogP contribution in [0.3, 0.4) is 0 Å². The second-order valence-corrected chi connectivity index (χ2v) is 6.13. The first-order valence-corrected chi connectivity index (χ1v) is 8.54. The van der Waals surface area contributed by atoms with Crippen LogP contribution >= 0.6 is 20.1 Å². The number of para-hydroxylation sites is 1. The molecule has 0 bridgehead atoms. The molecule has 1 atom stereocenters. The Morgan fingerprint density at radius 2 is 1.68 bits per heavy atom. The van der Waals surface area contributed by atoms with E-state index in [-0.39, 0.29) is 0 Å². The number of benzene rings is 2. The summed E-state index contributed by atoms with van der Waals surface area (Å²) in [4.78, 5) is 1.25. The molecule has 100 valence electrons. The highest BCUT2D eigenvalue weighted by Gasteiger charge is 2.15. The van der Waals surface area contributed by atoms with Crippen molar-refractivity contribution < 1.29 is 9.05 Å². The van der Waals surface area contributed by atoms with E-state index in [9.17, 15) is 0 Å². The van der Waals surface area contributed by atoms with Gasteiger partial charge in [0.15, 0.2) is 0 Å². The molecule has 0 aliphatic heterocycles. The predicted molar refractivity (Wildman–Crippen MR) is 83.5 cm³/mol. The van der Waals surface area contributed by atoms with Crippen molar-refractivity contribution in [2.45, 2.75) is 11.8 Å². The number of thioether (sulfide) groups is 1. The van der Waals surface area contributed by atoms with Crippen LogP contribution in [0.4, 0.5) is 0 Å². The lowest BCUT2D eigenvalue weighted by atomic mass is 10.3. The minimum absolute atomic E-state index is 0.642. The predicted octanol–water partition coefficient (Wildman–Crippen LogP) is 4.46. The smallest absolute Gasteiger partial charge is 0.265 e. The van der Waals surface area contributed by atoms with E-state index in [1.165, 1.54) is 4.90 Å². The molecule has 2 aromatic rings. The third-order valence-corrected chi connectivity index (χ3v) is 4.79. The number of hydrogen-bond acceptors (Lipinski definition) is 3. The first-order valence-electron chi connectivity index (χ1n) is 6.13. The molecule has 1 unspecified atom stereocenters. The molecular formula is C15H17O2PS. The summed E-state index contributed by atoms with van der Waals surface area (Å²) in [6.45, 7) is 2.63. The SMILES string of the molecule is CCOP(Oc1ccccc1)c1ccc(SC)cc1. The number of rotatable bonds is 6. The summed E-state index contributed by atoms with van der Waals surface area (Å²) in [5, 5.41) is 1.10. The van der Waals surface area contributed by atoms with Gasteiger partial charge in [-0.3, -0.25) is 0 Å². The highest BCUT2D eigenvalue weighted by Crippen LogP contribution is 2.38. The molecule has 2 rings (SSSR count). The van der Waals surface area contributed by atoms with Gasteiger partial charge in [0.2, 0.25) is 0 Å². The van der Waals surface area contributed by atoms with Crippen LogP contribution in [0, 0.1) is 0 Å². The Hall–Kier alpha value is -1.02. The third-order valence-electron chi connectivity index (χ3n) is 2.46. The Balaban J connectivity index is 2.14. The van der Waals surface area contributed by atoms with Crippen molar-refractivity contribution >= 4 is 25.4 Å². The Bertz CT molecular complexity index is 487. The monoisotopic (exact) mass is 292 g/mol. The molecule has 0 saturated carbocycles. The quantitative estimate of drug-likeness (QED) is 0.578. The lowest BCUT2D eigenvalue weighted by Crippen LogP contribution is -2.07. The van der Waals surface area contributed by atoms with Gasteiger partial charge in [-0.15, -0.1) is 11.8 Å². The van der Waals surface area contributed by atoms with Gasteiger partial charge in [-0.2, -0.15) is 0 Å². The molecule has 0 radical (unpaired) electrons. The molecule has 0 aliphatic rings. The summed E-state index contributed by atoms with van der Waals surface area (Å²) in [5.41, 5.74) is 0. The standard InChI is InChI=1S/C15H17O2PS/c1-3-16-18(17-13-7-5-4-6-8-13)14-9-11-15(19-2)12-10-14/h4-12H,3H2,1-2H3. The Kier molecular flexibility index (Phi) is 5.71. The average Bonchev–Trinajstić information content (AvgIpc) is 2.48. The molecule has 0 N–H and O–H groups in total. The minimum Gasteiger partial charge on any atom is -0.444 e. The molecule has 0 heterocycles. The maximum atomic E-state index is 5.95. The van der Waals surface area contributed by atoms with Crippen molar-refractivity contribution in [3.05, 3.63) is 54.6 Å². The summed E-state index contributed by atoms with van der Waals surface area (Å²) in [6.07, 6.45) is 2.07. The van der Waals surface area contributed by atoms with Crippen LogP contribution in [0.5, 0.6) is 5.75 Å². The zero-order chi connectivity index (χ0) is 13.5. The van der Waals surface area contributed by atoms with Crippen molar-refractivity contribution in [3.63, 3.8) is 0 Å². The first-order chi connectivity index (χ1) is 9.33. The van der Waals surface area contributed by atoms with Crippen LogP contribution in [0.15, 0.2) is 59.5 Å². The fourth-order valence-electron chi connectivity index (χ4n) is 1.55. The molecule has 19 heavy (non-hydrogen) atoms. The third kappa shape index (κ3) is 4.24. The normalized spacial score (nSPS) is 12.1. The second-order valence-electron chi connectivity index (χ2n) is 3.78. The fraction of sp³-hybridized carbons (Fsp3) is 0.200. The van der Waals surface area contributed by atoms with Gasteiger partial charge >= 0.3 is 0 Å². The Morgan fingerprint density at radius 3 is 2.26 bits per heavy atom. The average molecular weight is 292 g/mol. The van der Waals surface area contributed by atoms with E-state index >= 15 is 0 Å². The summed E-state index contributed by atoms with van der Waals surface area (Å²) < 4.78 is 11.7. The van der Waals surface area contributed by atoms with Gasteiger partial charge in [0.05, 0.1) is 6.61 Å². The molecule has 2 nitrogen and oxygen atoms in total. The zero-order valence-electron chi connectivity index (χ0n) is 11.1. The van der Waals surface area contributed by atoms with Crippen LogP contribution in [0.2, 0.25) is 0 Å². The largest absolute Gasteiger partial charge is 0.444 e. The van der Waals surface area contributed by atoms with Gasteiger partial charge in [0.25, 0.3) is 8.38 Å². The van der Waals surface area contributed by atoms with E-state index < -0.39 is 8.38 Å². The molecule has 0 saturated heterocycles. The minimum atomic E-state index is -1.06. The molecular weight excluding hydrogens is 275 g/mol. The van der Waals surface area contributed by atoms with Crippen molar-refractivity contribution in [2.24, 2.45) is 0 Å². The van der Waals surface area contributed by atoms with E-state index in [2.05, 4.69) is 30.5 Å². The topological polar surface area (TPSA) is 18.5 Å². The molecule has 0 spiro atoms. The van der Waals surface area contributed by atoms with Gasteiger partial charge in [0, 0.05) is 10.2 Å². The summed E-state index contributed by atoms with van der Waals surface area (Å²) in [6, 6.07) is 18.2. The van der Waals surface area contributed by atoms with Gasteiger partial charge in [-0.25, -0.2) is 0 Å². The van der Waals surface area contributed by atoms with Crippen molar-refractivity contribution in [1.82, 2.24) is 0 Å². The van der Waals surface area contributed by atoms with Crippen LogP contribution in [0.25, 0.3) is 0 Å². The first kappa shape index (κ1) is 14.4. The van der Waals surface area contributed by atoms with Crippen molar-refractivity contribution in [1.29, 1.82) is 0 Å². The van der Waals surface area contributed by atoms with Crippen LogP contribution < -0.4 is 9.83 Å².